The Kier molecular flexibility index (Phi) is 9.83. The number of allylic oxidation sites excluding steroid dienone is 10. The standard InChI is InChI=1S/C34H38Cl2N2O2/c35-33-27(11-13-29(33)23-37-19-3-1-4-20-37)15-17-31(39)25-7-9-26(10-8-25)32(40)18-16-28-12-14-30(34(28)36)24-38-21-5-2-6-22-38/h7-10,15-18,23-24H,1-6,11-14,19-22H2/b17-15+,18-16+,29-23+,30-24+. The van der Waals surface area contributed by atoms with E-state index in [0.717, 1.165) is 84.2 Å². The number of benzene rings is 1. The minimum absolute atomic E-state index is 0.101. The molecule has 210 valence electrons. The van der Waals surface area contributed by atoms with Gasteiger partial charge < -0.3 is 9.80 Å². The molecule has 0 N–H and O–H groups in total. The maximum absolute atomic E-state index is 12.8. The molecule has 2 heterocycles. The summed E-state index contributed by atoms with van der Waals surface area (Å²) in [6, 6.07) is 6.84. The molecule has 4 nitrogen and oxygen atoms in total. The highest BCUT2D eigenvalue weighted by atomic mass is 35.5. The van der Waals surface area contributed by atoms with Crippen LogP contribution in [0.1, 0.15) is 84.9 Å². The van der Waals surface area contributed by atoms with Crippen LogP contribution in [-0.2, 0) is 0 Å². The van der Waals surface area contributed by atoms with E-state index in [4.69, 9.17) is 23.2 Å². The van der Waals surface area contributed by atoms with E-state index in [0.29, 0.717) is 11.1 Å². The van der Waals surface area contributed by atoms with E-state index < -0.39 is 0 Å². The quantitative estimate of drug-likeness (QED) is 0.230. The van der Waals surface area contributed by atoms with Crippen LogP contribution in [-0.4, -0.2) is 47.5 Å². The van der Waals surface area contributed by atoms with Gasteiger partial charge in [-0.05, 0) is 98.7 Å². The second-order valence-corrected chi connectivity index (χ2v) is 11.9. The SMILES string of the molecule is O=C(/C=C/C1=C(Cl)C(=C/N2CCCCC2)/CC1)c1ccc(C(=O)/C=C/C2=C(Cl)C(=C/N3CCCCC3)/CC2)cc1. The number of ketones is 2. The molecule has 4 aliphatic rings. The Labute approximate surface area is 248 Å². The molecular weight excluding hydrogens is 539 g/mol. The van der Waals surface area contributed by atoms with Gasteiger partial charge in [-0.3, -0.25) is 9.59 Å². The van der Waals surface area contributed by atoms with Gasteiger partial charge in [0.05, 0.1) is 0 Å². The van der Waals surface area contributed by atoms with Gasteiger partial charge >= 0.3 is 0 Å². The maximum atomic E-state index is 12.8. The second kappa shape index (κ2) is 13.7. The lowest BCUT2D eigenvalue weighted by Crippen LogP contribution is -2.24. The smallest absolute Gasteiger partial charge is 0.185 e. The molecule has 1 aromatic carbocycles. The van der Waals surface area contributed by atoms with E-state index in [9.17, 15) is 9.59 Å². The lowest BCUT2D eigenvalue weighted by atomic mass is 10.0. The number of hydrogen-bond acceptors (Lipinski definition) is 4. The van der Waals surface area contributed by atoms with Gasteiger partial charge in [0.2, 0.25) is 0 Å². The van der Waals surface area contributed by atoms with Crippen molar-refractivity contribution in [2.24, 2.45) is 0 Å². The van der Waals surface area contributed by atoms with Crippen LogP contribution in [0.15, 0.2) is 93.3 Å². The number of halogens is 2. The van der Waals surface area contributed by atoms with Crippen LogP contribution >= 0.6 is 23.2 Å². The second-order valence-electron chi connectivity index (χ2n) is 11.2. The fraction of sp³-hybridized carbons (Fsp3) is 0.412. The summed E-state index contributed by atoms with van der Waals surface area (Å²) < 4.78 is 0. The molecule has 0 saturated carbocycles. The maximum Gasteiger partial charge on any atom is 0.185 e. The Morgan fingerprint density at radius 1 is 0.575 bits per heavy atom. The third-order valence-corrected chi connectivity index (χ3v) is 9.21. The molecule has 0 unspecified atom stereocenters. The molecule has 2 fully saturated rings. The Morgan fingerprint density at radius 2 is 0.950 bits per heavy atom. The fourth-order valence-corrected chi connectivity index (χ4v) is 6.43. The third kappa shape index (κ3) is 7.27. The van der Waals surface area contributed by atoms with Gasteiger partial charge in [-0.25, -0.2) is 0 Å². The van der Waals surface area contributed by atoms with Crippen molar-refractivity contribution in [3.63, 3.8) is 0 Å². The molecule has 0 amide bonds. The highest BCUT2D eigenvalue weighted by Gasteiger charge is 2.20. The van der Waals surface area contributed by atoms with E-state index in [1.807, 2.05) is 12.2 Å². The number of piperidine rings is 2. The van der Waals surface area contributed by atoms with Gasteiger partial charge in [0, 0.05) is 59.8 Å². The number of rotatable bonds is 8. The van der Waals surface area contributed by atoms with Gasteiger partial charge in [0.25, 0.3) is 0 Å². The van der Waals surface area contributed by atoms with Crippen molar-refractivity contribution < 1.29 is 9.59 Å². The molecule has 2 aliphatic carbocycles. The lowest BCUT2D eigenvalue weighted by Gasteiger charge is -2.25. The van der Waals surface area contributed by atoms with Gasteiger partial charge in [0.1, 0.15) is 0 Å². The summed E-state index contributed by atoms with van der Waals surface area (Å²) in [5.74, 6) is -0.202. The minimum atomic E-state index is -0.101. The summed E-state index contributed by atoms with van der Waals surface area (Å²) >= 11 is 13.3. The molecule has 0 atom stereocenters. The first-order valence-electron chi connectivity index (χ1n) is 14.7. The number of carbonyl (C=O) groups excluding carboxylic acids is 2. The molecule has 0 bridgehead atoms. The predicted molar refractivity (Wildman–Crippen MR) is 165 cm³/mol. The molecule has 0 radical (unpaired) electrons. The van der Waals surface area contributed by atoms with Crippen LogP contribution in [0.5, 0.6) is 0 Å². The van der Waals surface area contributed by atoms with Crippen molar-refractivity contribution in [2.45, 2.75) is 64.2 Å². The monoisotopic (exact) mass is 576 g/mol. The molecule has 2 saturated heterocycles. The number of likely N-dealkylation sites (tertiary alicyclic amines) is 2. The molecule has 1 aromatic rings. The van der Waals surface area contributed by atoms with Gasteiger partial charge in [-0.15, -0.1) is 0 Å². The Balaban J connectivity index is 1.17. The summed E-state index contributed by atoms with van der Waals surface area (Å²) in [5.41, 5.74) is 5.42. The fourth-order valence-electron chi connectivity index (χ4n) is 5.83. The minimum Gasteiger partial charge on any atom is -0.377 e. The average Bonchev–Trinajstić information content (AvgIpc) is 3.52. The number of carbonyl (C=O) groups is 2. The summed E-state index contributed by atoms with van der Waals surface area (Å²) in [6.07, 6.45) is 22.3. The summed E-state index contributed by atoms with van der Waals surface area (Å²) in [7, 11) is 0. The molecule has 2 aliphatic heterocycles. The van der Waals surface area contributed by atoms with Crippen molar-refractivity contribution in [3.8, 4) is 0 Å². The van der Waals surface area contributed by atoms with E-state index in [1.165, 1.54) is 38.5 Å². The van der Waals surface area contributed by atoms with Gasteiger partial charge in [0.15, 0.2) is 11.6 Å². The first-order chi connectivity index (χ1) is 19.5. The van der Waals surface area contributed by atoms with E-state index in [-0.39, 0.29) is 11.6 Å². The van der Waals surface area contributed by atoms with Crippen molar-refractivity contribution in [3.05, 3.63) is 104 Å². The normalized spacial score (nSPS) is 22.6. The van der Waals surface area contributed by atoms with Crippen LogP contribution in [0.3, 0.4) is 0 Å². The molecule has 5 rings (SSSR count). The van der Waals surface area contributed by atoms with Crippen molar-refractivity contribution >= 4 is 34.8 Å². The predicted octanol–water partition coefficient (Wildman–Crippen LogP) is 8.48. The molecule has 0 spiro atoms. The van der Waals surface area contributed by atoms with Crippen LogP contribution in [0.2, 0.25) is 0 Å². The lowest BCUT2D eigenvalue weighted by molar-refractivity contribution is 0.103. The number of hydrogen-bond donors (Lipinski definition) is 0. The zero-order chi connectivity index (χ0) is 27.9. The van der Waals surface area contributed by atoms with Gasteiger partial charge in [-0.1, -0.05) is 59.6 Å². The highest BCUT2D eigenvalue weighted by Crippen LogP contribution is 2.36. The Bertz CT molecular complexity index is 1200. The van der Waals surface area contributed by atoms with E-state index >= 15 is 0 Å². The van der Waals surface area contributed by atoms with Crippen LogP contribution in [0.25, 0.3) is 0 Å². The molecule has 6 heteroatoms. The van der Waals surface area contributed by atoms with Crippen molar-refractivity contribution in [1.82, 2.24) is 9.80 Å². The van der Waals surface area contributed by atoms with Crippen molar-refractivity contribution in [1.29, 1.82) is 0 Å². The van der Waals surface area contributed by atoms with Gasteiger partial charge in [-0.2, -0.15) is 0 Å². The first kappa shape index (κ1) is 28.7. The van der Waals surface area contributed by atoms with Crippen LogP contribution in [0.4, 0.5) is 0 Å². The molecule has 0 aromatic heterocycles. The van der Waals surface area contributed by atoms with E-state index in [2.05, 4.69) is 22.2 Å². The highest BCUT2D eigenvalue weighted by molar-refractivity contribution is 6.33. The molecule has 40 heavy (non-hydrogen) atoms. The van der Waals surface area contributed by atoms with Crippen LogP contribution in [0, 0.1) is 0 Å². The van der Waals surface area contributed by atoms with Crippen LogP contribution < -0.4 is 0 Å². The largest absolute Gasteiger partial charge is 0.377 e. The summed E-state index contributed by atoms with van der Waals surface area (Å²) in [6.45, 7) is 4.37. The summed E-state index contributed by atoms with van der Waals surface area (Å²) in [4.78, 5) is 30.3. The van der Waals surface area contributed by atoms with Crippen molar-refractivity contribution in [2.75, 3.05) is 26.2 Å². The topological polar surface area (TPSA) is 40.6 Å². The third-order valence-electron chi connectivity index (χ3n) is 8.24. The zero-order valence-corrected chi connectivity index (χ0v) is 24.7. The Morgan fingerprint density at radius 3 is 1.32 bits per heavy atom. The average molecular weight is 578 g/mol. The molecular formula is C34H38Cl2N2O2. The zero-order valence-electron chi connectivity index (χ0n) is 23.1. The Hall–Kier alpha value is -2.82. The van der Waals surface area contributed by atoms with E-state index in [1.54, 1.807) is 36.4 Å². The first-order valence-corrected chi connectivity index (χ1v) is 15.5. The number of nitrogens with zero attached hydrogens (tertiary/aromatic N) is 2. The summed E-state index contributed by atoms with van der Waals surface area (Å²) in [5, 5.41) is 1.54.